The summed E-state index contributed by atoms with van der Waals surface area (Å²) in [6.45, 7) is 3.95. The molecule has 1 unspecified atom stereocenters. The summed E-state index contributed by atoms with van der Waals surface area (Å²) in [6, 6.07) is 27.6. The number of rotatable bonds is 10. The summed E-state index contributed by atoms with van der Waals surface area (Å²) in [4.78, 5) is 0. The highest BCUT2D eigenvalue weighted by molar-refractivity contribution is 7.77. The third-order valence-electron chi connectivity index (χ3n) is 4.59. The van der Waals surface area contributed by atoms with Gasteiger partial charge in [-0.3, -0.25) is 9.13 Å². The fourth-order valence-electron chi connectivity index (χ4n) is 3.26. The Hall–Kier alpha value is -2.00. The lowest BCUT2D eigenvalue weighted by molar-refractivity contribution is 0.210. The summed E-state index contributed by atoms with van der Waals surface area (Å²) in [5, 5.41) is 4.48. The molecule has 0 aliphatic carbocycles. The molecule has 158 valence electrons. The predicted octanol–water partition coefficient (Wildman–Crippen LogP) is 5.47. The Balaban J connectivity index is 2.17. The largest absolute Gasteiger partial charge is 0.352 e. The van der Waals surface area contributed by atoms with Gasteiger partial charge >= 0.3 is 7.60 Å². The summed E-state index contributed by atoms with van der Waals surface area (Å²) in [5.41, 5.74) is 0.690. The van der Waals surface area contributed by atoms with Crippen LogP contribution in [0, 0.1) is 0 Å². The van der Waals surface area contributed by atoms with Crippen LogP contribution >= 0.6 is 14.9 Å². The molecule has 3 aromatic rings. The van der Waals surface area contributed by atoms with Gasteiger partial charge in [0.25, 0.3) is 0 Å². The molecule has 0 spiro atoms. The quantitative estimate of drug-likeness (QED) is 0.421. The van der Waals surface area contributed by atoms with Crippen molar-refractivity contribution in [1.29, 1.82) is 0 Å². The predicted molar refractivity (Wildman–Crippen MR) is 123 cm³/mol. The first kappa shape index (κ1) is 22.7. The van der Waals surface area contributed by atoms with Gasteiger partial charge in [0, 0.05) is 10.6 Å². The van der Waals surface area contributed by atoms with Crippen molar-refractivity contribution in [3.63, 3.8) is 0 Å². The van der Waals surface area contributed by atoms with Crippen molar-refractivity contribution >= 4 is 25.5 Å². The summed E-state index contributed by atoms with van der Waals surface area (Å²) in [6.07, 6.45) is 0. The molecule has 3 rings (SSSR count). The summed E-state index contributed by atoms with van der Waals surface area (Å²) < 4.78 is 39.6. The molecule has 0 saturated carbocycles. The maximum absolute atomic E-state index is 14.5. The van der Waals surface area contributed by atoms with E-state index >= 15 is 0 Å². The zero-order chi connectivity index (χ0) is 21.5. The van der Waals surface area contributed by atoms with Gasteiger partial charge in [0.1, 0.15) is 5.78 Å². The van der Waals surface area contributed by atoms with Gasteiger partial charge in [0.15, 0.2) is 0 Å². The van der Waals surface area contributed by atoms with Gasteiger partial charge in [0.2, 0.25) is 7.29 Å². The third kappa shape index (κ3) is 5.00. The standard InChI is InChI=1S/C23H27NO4P2/c1-3-27-30(26,28-4-2)23(20-14-8-5-9-15-20)24-29(25,21-16-10-6-11-17-21)22-18-12-7-13-19-22/h5-19,23H,3-4H2,1-2H3,(H,24,25). The molecule has 0 amide bonds. The smallest absolute Gasteiger partial charge is 0.308 e. The van der Waals surface area contributed by atoms with Crippen molar-refractivity contribution < 1.29 is 18.2 Å². The van der Waals surface area contributed by atoms with E-state index in [4.69, 9.17) is 9.05 Å². The molecule has 1 atom stereocenters. The van der Waals surface area contributed by atoms with Crippen LogP contribution in [0.5, 0.6) is 0 Å². The van der Waals surface area contributed by atoms with Crippen molar-refractivity contribution in [3.8, 4) is 0 Å². The molecule has 0 radical (unpaired) electrons. The first-order valence-corrected chi connectivity index (χ1v) is 13.3. The van der Waals surface area contributed by atoms with Gasteiger partial charge in [0.05, 0.1) is 13.2 Å². The van der Waals surface area contributed by atoms with Crippen LogP contribution in [0.15, 0.2) is 91.0 Å². The van der Waals surface area contributed by atoms with E-state index in [9.17, 15) is 9.13 Å². The van der Waals surface area contributed by atoms with Crippen LogP contribution in [-0.4, -0.2) is 13.2 Å². The first-order chi connectivity index (χ1) is 14.5. The molecule has 5 nitrogen and oxygen atoms in total. The second kappa shape index (κ2) is 10.3. The monoisotopic (exact) mass is 443 g/mol. The van der Waals surface area contributed by atoms with Gasteiger partial charge in [-0.2, -0.15) is 0 Å². The Morgan fingerprint density at radius 3 is 1.50 bits per heavy atom. The maximum Gasteiger partial charge on any atom is 0.352 e. The minimum atomic E-state index is -3.67. The summed E-state index contributed by atoms with van der Waals surface area (Å²) in [7, 11) is -7.04. The molecular formula is C23H27NO4P2. The average Bonchev–Trinajstić information content (AvgIpc) is 2.79. The van der Waals surface area contributed by atoms with Crippen LogP contribution in [0.2, 0.25) is 0 Å². The summed E-state index contributed by atoms with van der Waals surface area (Å²) >= 11 is 0. The first-order valence-electron chi connectivity index (χ1n) is 9.96. The second-order valence-electron chi connectivity index (χ2n) is 6.60. The fraction of sp³-hybridized carbons (Fsp3) is 0.217. The molecule has 1 N–H and O–H groups in total. The van der Waals surface area contributed by atoms with Crippen molar-refractivity contribution in [3.05, 3.63) is 96.6 Å². The van der Waals surface area contributed by atoms with Crippen molar-refractivity contribution in [1.82, 2.24) is 5.09 Å². The normalized spacial score (nSPS) is 13.1. The molecule has 0 aliphatic rings. The molecule has 3 aromatic carbocycles. The Morgan fingerprint density at radius 2 is 1.10 bits per heavy atom. The van der Waals surface area contributed by atoms with E-state index in [1.165, 1.54) is 0 Å². The molecule has 0 aromatic heterocycles. The lowest BCUT2D eigenvalue weighted by atomic mass is 10.2. The molecule has 0 saturated heterocycles. The highest BCUT2D eigenvalue weighted by atomic mass is 31.2. The lowest BCUT2D eigenvalue weighted by Crippen LogP contribution is -2.31. The van der Waals surface area contributed by atoms with Crippen molar-refractivity contribution in [2.24, 2.45) is 0 Å². The highest BCUT2D eigenvalue weighted by Crippen LogP contribution is 2.62. The maximum atomic E-state index is 14.5. The van der Waals surface area contributed by atoms with Crippen molar-refractivity contribution in [2.75, 3.05) is 13.2 Å². The Labute approximate surface area is 178 Å². The number of benzene rings is 3. The zero-order valence-electron chi connectivity index (χ0n) is 17.2. The fourth-order valence-corrected chi connectivity index (χ4v) is 8.21. The second-order valence-corrected chi connectivity index (χ2v) is 11.2. The van der Waals surface area contributed by atoms with Crippen molar-refractivity contribution in [2.45, 2.75) is 19.6 Å². The van der Waals surface area contributed by atoms with E-state index in [1.807, 2.05) is 91.0 Å². The Morgan fingerprint density at radius 1 is 0.700 bits per heavy atom. The van der Waals surface area contributed by atoms with Crippen LogP contribution in [-0.2, 0) is 18.2 Å². The van der Waals surface area contributed by atoms with Crippen LogP contribution in [0.4, 0.5) is 0 Å². The van der Waals surface area contributed by atoms with Gasteiger partial charge < -0.3 is 9.05 Å². The number of hydrogen-bond donors (Lipinski definition) is 1. The molecule has 7 heteroatoms. The number of nitrogens with one attached hydrogen (secondary N) is 1. The minimum absolute atomic E-state index is 0.212. The topological polar surface area (TPSA) is 64.6 Å². The van der Waals surface area contributed by atoms with Crippen LogP contribution < -0.4 is 15.7 Å². The molecule has 0 bridgehead atoms. The Bertz CT molecular complexity index is 960. The molecule has 0 fully saturated rings. The average molecular weight is 443 g/mol. The molecule has 0 heterocycles. The van der Waals surface area contributed by atoms with E-state index in [0.717, 1.165) is 0 Å². The SMILES string of the molecule is CCOP(=O)(OCC)C(NP(=O)(c1ccccc1)c1ccccc1)c1ccccc1. The van der Waals surface area contributed by atoms with E-state index in [0.29, 0.717) is 16.2 Å². The van der Waals surface area contributed by atoms with Crippen LogP contribution in [0.3, 0.4) is 0 Å². The third-order valence-corrected chi connectivity index (χ3v) is 9.77. The molecule has 30 heavy (non-hydrogen) atoms. The van der Waals surface area contributed by atoms with Gasteiger partial charge in [-0.1, -0.05) is 66.7 Å². The molecular weight excluding hydrogens is 416 g/mol. The van der Waals surface area contributed by atoms with Crippen LogP contribution in [0.25, 0.3) is 0 Å². The number of hydrogen-bond acceptors (Lipinski definition) is 4. The van der Waals surface area contributed by atoms with Gasteiger partial charge in [-0.05, 0) is 43.7 Å². The minimum Gasteiger partial charge on any atom is -0.308 e. The van der Waals surface area contributed by atoms with Crippen LogP contribution in [0.1, 0.15) is 25.2 Å². The Kier molecular flexibility index (Phi) is 7.82. The molecule has 0 aliphatic heterocycles. The van der Waals surface area contributed by atoms with E-state index in [1.54, 1.807) is 13.8 Å². The van der Waals surface area contributed by atoms with E-state index < -0.39 is 20.7 Å². The lowest BCUT2D eigenvalue weighted by Gasteiger charge is -2.31. The summed E-state index contributed by atoms with van der Waals surface area (Å²) in [5.74, 6) is -0.898. The van der Waals surface area contributed by atoms with E-state index in [2.05, 4.69) is 5.09 Å². The van der Waals surface area contributed by atoms with Gasteiger partial charge in [-0.15, -0.1) is 0 Å². The van der Waals surface area contributed by atoms with E-state index in [-0.39, 0.29) is 13.2 Å². The zero-order valence-corrected chi connectivity index (χ0v) is 19.0. The highest BCUT2D eigenvalue weighted by Gasteiger charge is 2.42. The van der Waals surface area contributed by atoms with Gasteiger partial charge in [-0.25, -0.2) is 5.09 Å².